The van der Waals surface area contributed by atoms with Gasteiger partial charge < -0.3 is 4.42 Å². The molecule has 1 aromatic heterocycles. The van der Waals surface area contributed by atoms with Gasteiger partial charge in [-0.1, -0.05) is 29.8 Å². The fourth-order valence-electron chi connectivity index (χ4n) is 2.49. The first kappa shape index (κ1) is 20.3. The number of furan rings is 1. The number of aryl methyl sites for hydroxylation is 1. The molecule has 7 nitrogen and oxygen atoms in total. The Hall–Kier alpha value is -3.46. The van der Waals surface area contributed by atoms with Gasteiger partial charge in [-0.2, -0.15) is 5.10 Å². The zero-order valence-electron chi connectivity index (χ0n) is 15.4. The number of nitrogens with one attached hydrogen (secondary N) is 1. The molecule has 29 heavy (non-hydrogen) atoms. The monoisotopic (exact) mass is 415 g/mol. The summed E-state index contributed by atoms with van der Waals surface area (Å²) < 4.78 is 46.4. The number of anilines is 1. The van der Waals surface area contributed by atoms with E-state index in [0.29, 0.717) is 10.1 Å². The van der Waals surface area contributed by atoms with E-state index in [0.717, 1.165) is 11.6 Å². The van der Waals surface area contributed by atoms with Crippen molar-refractivity contribution >= 4 is 27.8 Å². The number of halogens is 1. The van der Waals surface area contributed by atoms with Crippen LogP contribution in [-0.4, -0.2) is 27.1 Å². The summed E-state index contributed by atoms with van der Waals surface area (Å²) in [5.41, 5.74) is 2.84. The SMILES string of the molecule is Cc1ccc(S(=O)(=O)N(CC(=O)N/N=C/c2ccco2)c2ccccc2F)cc1. The van der Waals surface area contributed by atoms with Gasteiger partial charge in [0.05, 0.1) is 23.1 Å². The molecule has 1 heterocycles. The van der Waals surface area contributed by atoms with Crippen molar-refractivity contribution in [3.8, 4) is 0 Å². The Bertz CT molecular complexity index is 1110. The molecule has 1 N–H and O–H groups in total. The highest BCUT2D eigenvalue weighted by Crippen LogP contribution is 2.26. The highest BCUT2D eigenvalue weighted by atomic mass is 32.2. The quantitative estimate of drug-likeness (QED) is 0.474. The van der Waals surface area contributed by atoms with Gasteiger partial charge in [0.25, 0.3) is 15.9 Å². The van der Waals surface area contributed by atoms with Crippen LogP contribution < -0.4 is 9.73 Å². The number of sulfonamides is 1. The van der Waals surface area contributed by atoms with Crippen LogP contribution >= 0.6 is 0 Å². The highest BCUT2D eigenvalue weighted by Gasteiger charge is 2.29. The van der Waals surface area contributed by atoms with Crippen LogP contribution in [0, 0.1) is 12.7 Å². The van der Waals surface area contributed by atoms with Crippen molar-refractivity contribution in [1.29, 1.82) is 0 Å². The van der Waals surface area contributed by atoms with Gasteiger partial charge in [-0.3, -0.25) is 9.10 Å². The number of carbonyl (C=O) groups is 1. The highest BCUT2D eigenvalue weighted by molar-refractivity contribution is 7.92. The zero-order chi connectivity index (χ0) is 20.9. The van der Waals surface area contributed by atoms with Crippen molar-refractivity contribution in [2.24, 2.45) is 5.10 Å². The number of para-hydroxylation sites is 1. The van der Waals surface area contributed by atoms with Gasteiger partial charge in [0.2, 0.25) is 0 Å². The van der Waals surface area contributed by atoms with Gasteiger partial charge in [-0.25, -0.2) is 18.2 Å². The van der Waals surface area contributed by atoms with Crippen LogP contribution in [0.25, 0.3) is 0 Å². The molecule has 0 aliphatic rings. The van der Waals surface area contributed by atoms with E-state index in [2.05, 4.69) is 10.5 Å². The van der Waals surface area contributed by atoms with Crippen LogP contribution in [0.15, 0.2) is 81.3 Å². The Kier molecular flexibility index (Phi) is 6.08. The third-order valence-electron chi connectivity index (χ3n) is 3.94. The first-order valence-corrected chi connectivity index (χ1v) is 10.0. The summed E-state index contributed by atoms with van der Waals surface area (Å²) in [4.78, 5) is 12.3. The van der Waals surface area contributed by atoms with E-state index in [9.17, 15) is 17.6 Å². The van der Waals surface area contributed by atoms with Gasteiger partial charge in [0.1, 0.15) is 18.1 Å². The van der Waals surface area contributed by atoms with Crippen molar-refractivity contribution in [2.75, 3.05) is 10.8 Å². The minimum Gasteiger partial charge on any atom is -0.463 e. The maximum absolute atomic E-state index is 14.4. The summed E-state index contributed by atoms with van der Waals surface area (Å²) in [7, 11) is -4.19. The average Bonchev–Trinajstić information content (AvgIpc) is 3.20. The molecule has 3 aromatic rings. The molecule has 1 amide bonds. The molecular formula is C20H18FN3O4S. The summed E-state index contributed by atoms with van der Waals surface area (Å²) in [6, 6.07) is 14.7. The minimum atomic E-state index is -4.19. The molecule has 0 spiro atoms. The second kappa shape index (κ2) is 8.70. The molecule has 0 radical (unpaired) electrons. The van der Waals surface area contributed by atoms with Gasteiger partial charge in [0, 0.05) is 0 Å². The molecule has 2 aromatic carbocycles. The molecule has 9 heteroatoms. The standard InChI is InChI=1S/C20H18FN3O4S/c1-15-8-10-17(11-9-15)29(26,27)24(19-7-3-2-6-18(19)21)14-20(25)23-22-13-16-5-4-12-28-16/h2-13H,14H2,1H3,(H,23,25)/b22-13+. The number of rotatable bonds is 7. The van der Waals surface area contributed by atoms with E-state index in [1.807, 2.05) is 6.92 Å². The third-order valence-corrected chi connectivity index (χ3v) is 5.72. The van der Waals surface area contributed by atoms with Crippen LogP contribution in [0.3, 0.4) is 0 Å². The van der Waals surface area contributed by atoms with Gasteiger partial charge in [-0.15, -0.1) is 0 Å². The molecule has 0 unspecified atom stereocenters. The number of carbonyl (C=O) groups excluding carboxylic acids is 1. The molecule has 0 aliphatic heterocycles. The number of amides is 1. The molecule has 0 saturated heterocycles. The Balaban J connectivity index is 1.88. The lowest BCUT2D eigenvalue weighted by Crippen LogP contribution is -2.40. The summed E-state index contributed by atoms with van der Waals surface area (Å²) in [6.07, 6.45) is 2.71. The van der Waals surface area contributed by atoms with E-state index in [4.69, 9.17) is 4.42 Å². The van der Waals surface area contributed by atoms with Crippen molar-refractivity contribution in [3.63, 3.8) is 0 Å². The van der Waals surface area contributed by atoms with Crippen LogP contribution in [-0.2, 0) is 14.8 Å². The van der Waals surface area contributed by atoms with E-state index in [1.54, 1.807) is 24.3 Å². The topological polar surface area (TPSA) is 92.0 Å². The minimum absolute atomic E-state index is 0.0572. The number of nitrogens with zero attached hydrogens (tertiary/aromatic N) is 2. The van der Waals surface area contributed by atoms with Crippen LogP contribution in [0.2, 0.25) is 0 Å². The fourth-order valence-corrected chi connectivity index (χ4v) is 3.92. The van der Waals surface area contributed by atoms with Crippen molar-refractivity contribution in [3.05, 3.63) is 84.1 Å². The van der Waals surface area contributed by atoms with E-state index < -0.39 is 28.3 Å². The molecule has 0 saturated carbocycles. The number of hydrazone groups is 1. The molecule has 0 fully saturated rings. The lowest BCUT2D eigenvalue weighted by Gasteiger charge is -2.24. The molecule has 0 aliphatic carbocycles. The maximum atomic E-state index is 14.4. The summed E-state index contributed by atoms with van der Waals surface area (Å²) in [6.45, 7) is 1.15. The fraction of sp³-hybridized carbons (Fsp3) is 0.100. The lowest BCUT2D eigenvalue weighted by molar-refractivity contribution is -0.119. The normalized spacial score (nSPS) is 11.5. The zero-order valence-corrected chi connectivity index (χ0v) is 16.3. The first-order valence-electron chi connectivity index (χ1n) is 8.57. The average molecular weight is 415 g/mol. The smallest absolute Gasteiger partial charge is 0.264 e. The van der Waals surface area contributed by atoms with Crippen molar-refractivity contribution in [1.82, 2.24) is 5.43 Å². The second-order valence-corrected chi connectivity index (χ2v) is 7.95. The van der Waals surface area contributed by atoms with Crippen LogP contribution in [0.1, 0.15) is 11.3 Å². The maximum Gasteiger partial charge on any atom is 0.264 e. The summed E-state index contributed by atoms with van der Waals surface area (Å²) >= 11 is 0. The Labute approximate surface area is 167 Å². The van der Waals surface area contributed by atoms with E-state index in [1.165, 1.54) is 42.8 Å². The lowest BCUT2D eigenvalue weighted by atomic mass is 10.2. The number of hydrogen-bond donors (Lipinski definition) is 1. The second-order valence-electron chi connectivity index (χ2n) is 6.08. The molecule has 150 valence electrons. The van der Waals surface area contributed by atoms with Gasteiger partial charge in [-0.05, 0) is 43.3 Å². The predicted octanol–water partition coefficient (Wildman–Crippen LogP) is 3.07. The largest absolute Gasteiger partial charge is 0.463 e. The molecule has 0 bridgehead atoms. The molecule has 3 rings (SSSR count). The van der Waals surface area contributed by atoms with Gasteiger partial charge >= 0.3 is 0 Å². The number of benzene rings is 2. The van der Waals surface area contributed by atoms with Crippen molar-refractivity contribution in [2.45, 2.75) is 11.8 Å². The van der Waals surface area contributed by atoms with Gasteiger partial charge in [0.15, 0.2) is 0 Å². The molecule has 0 atom stereocenters. The molecular weight excluding hydrogens is 397 g/mol. The van der Waals surface area contributed by atoms with Crippen LogP contribution in [0.5, 0.6) is 0 Å². The Morgan fingerprint density at radius 2 is 1.86 bits per heavy atom. The van der Waals surface area contributed by atoms with E-state index >= 15 is 0 Å². The third kappa shape index (κ3) is 4.88. The van der Waals surface area contributed by atoms with Crippen LogP contribution in [0.4, 0.5) is 10.1 Å². The Morgan fingerprint density at radius 1 is 1.14 bits per heavy atom. The predicted molar refractivity (Wildman–Crippen MR) is 107 cm³/mol. The van der Waals surface area contributed by atoms with E-state index in [-0.39, 0.29) is 10.6 Å². The number of hydrogen-bond acceptors (Lipinski definition) is 5. The van der Waals surface area contributed by atoms with Crippen molar-refractivity contribution < 1.29 is 22.0 Å². The summed E-state index contributed by atoms with van der Waals surface area (Å²) in [5, 5.41) is 3.72. The first-order chi connectivity index (χ1) is 13.9. The summed E-state index contributed by atoms with van der Waals surface area (Å²) in [5.74, 6) is -1.11. The Morgan fingerprint density at radius 3 is 2.52 bits per heavy atom.